The smallest absolute Gasteiger partial charge is 0.113 e. The zero-order chi connectivity index (χ0) is 12.5. The van der Waals surface area contributed by atoms with Gasteiger partial charge in [0.2, 0.25) is 0 Å². The molecule has 0 amide bonds. The molecule has 0 heterocycles. The predicted molar refractivity (Wildman–Crippen MR) is 74.3 cm³/mol. The molecule has 0 fully saturated rings. The highest BCUT2D eigenvalue weighted by Crippen LogP contribution is 2.34. The summed E-state index contributed by atoms with van der Waals surface area (Å²) in [6.07, 6.45) is 0. The van der Waals surface area contributed by atoms with E-state index in [9.17, 15) is 5.11 Å². The van der Waals surface area contributed by atoms with Crippen molar-refractivity contribution in [1.29, 1.82) is 0 Å². The lowest BCUT2D eigenvalue weighted by atomic mass is 9.88. The van der Waals surface area contributed by atoms with E-state index in [1.165, 1.54) is 0 Å². The number of halogens is 2. The summed E-state index contributed by atoms with van der Waals surface area (Å²) in [6.45, 7) is 1.77. The Hall–Kier alpha value is -0.830. The van der Waals surface area contributed by atoms with Gasteiger partial charge in [0.15, 0.2) is 0 Å². The van der Waals surface area contributed by atoms with Gasteiger partial charge in [-0.15, -0.1) is 0 Å². The second-order valence-corrected chi connectivity index (χ2v) is 5.35. The molecular formula is C14H12BrClO. The molecule has 0 aromatic heterocycles. The molecule has 0 saturated heterocycles. The second kappa shape index (κ2) is 4.81. The van der Waals surface area contributed by atoms with Crippen molar-refractivity contribution >= 4 is 27.5 Å². The molecule has 1 nitrogen and oxygen atoms in total. The monoisotopic (exact) mass is 310 g/mol. The lowest BCUT2D eigenvalue weighted by Gasteiger charge is -2.25. The fraction of sp³-hybridized carbons (Fsp3) is 0.143. The molecule has 0 saturated carbocycles. The Morgan fingerprint density at radius 1 is 1.06 bits per heavy atom. The zero-order valence-corrected chi connectivity index (χ0v) is 11.7. The van der Waals surface area contributed by atoms with Gasteiger partial charge in [-0.3, -0.25) is 0 Å². The minimum Gasteiger partial charge on any atom is -0.381 e. The maximum atomic E-state index is 10.7. The van der Waals surface area contributed by atoms with Crippen molar-refractivity contribution in [3.63, 3.8) is 0 Å². The summed E-state index contributed by atoms with van der Waals surface area (Å²) in [5.74, 6) is 0. The molecule has 2 aromatic carbocycles. The van der Waals surface area contributed by atoms with Crippen LogP contribution in [0.2, 0.25) is 5.02 Å². The van der Waals surface area contributed by atoms with Crippen LogP contribution in [0.1, 0.15) is 18.1 Å². The number of aliphatic hydroxyl groups is 1. The average Bonchev–Trinajstić information content (AvgIpc) is 2.30. The third kappa shape index (κ3) is 2.54. The van der Waals surface area contributed by atoms with Crippen LogP contribution >= 0.6 is 27.5 Å². The summed E-state index contributed by atoms with van der Waals surface area (Å²) >= 11 is 9.31. The number of hydrogen-bond acceptors (Lipinski definition) is 1. The maximum absolute atomic E-state index is 10.7. The molecule has 0 radical (unpaired) electrons. The Morgan fingerprint density at radius 3 is 2.24 bits per heavy atom. The van der Waals surface area contributed by atoms with E-state index in [0.29, 0.717) is 5.02 Å². The van der Waals surface area contributed by atoms with Crippen LogP contribution in [0.3, 0.4) is 0 Å². The van der Waals surface area contributed by atoms with Gasteiger partial charge in [-0.25, -0.2) is 0 Å². The van der Waals surface area contributed by atoms with E-state index >= 15 is 0 Å². The average molecular weight is 312 g/mol. The van der Waals surface area contributed by atoms with Crippen molar-refractivity contribution < 1.29 is 5.11 Å². The molecule has 0 spiro atoms. The Kier molecular flexibility index (Phi) is 3.57. The van der Waals surface area contributed by atoms with Gasteiger partial charge in [0.1, 0.15) is 5.60 Å². The fourth-order valence-corrected chi connectivity index (χ4v) is 2.58. The quantitative estimate of drug-likeness (QED) is 0.874. The van der Waals surface area contributed by atoms with Gasteiger partial charge in [0.25, 0.3) is 0 Å². The van der Waals surface area contributed by atoms with Crippen LogP contribution in [0.5, 0.6) is 0 Å². The summed E-state index contributed by atoms with van der Waals surface area (Å²) in [6, 6.07) is 14.9. The normalized spacial score (nSPS) is 14.4. The molecule has 88 valence electrons. The van der Waals surface area contributed by atoms with E-state index < -0.39 is 5.60 Å². The topological polar surface area (TPSA) is 20.2 Å². The van der Waals surface area contributed by atoms with Crippen molar-refractivity contribution in [2.24, 2.45) is 0 Å². The van der Waals surface area contributed by atoms with Gasteiger partial charge in [-0.1, -0.05) is 57.9 Å². The van der Waals surface area contributed by atoms with Gasteiger partial charge in [-0.2, -0.15) is 0 Å². The molecular weight excluding hydrogens is 300 g/mol. The van der Waals surface area contributed by atoms with Crippen LogP contribution in [-0.4, -0.2) is 5.11 Å². The van der Waals surface area contributed by atoms with E-state index in [1.54, 1.807) is 19.1 Å². The van der Waals surface area contributed by atoms with E-state index in [4.69, 9.17) is 11.6 Å². The SMILES string of the molecule is CC(O)(c1ccc(Cl)cc1)c1ccccc1Br. The van der Waals surface area contributed by atoms with Crippen molar-refractivity contribution in [2.45, 2.75) is 12.5 Å². The highest BCUT2D eigenvalue weighted by Gasteiger charge is 2.27. The summed E-state index contributed by atoms with van der Waals surface area (Å²) in [5, 5.41) is 11.3. The van der Waals surface area contributed by atoms with E-state index in [0.717, 1.165) is 15.6 Å². The minimum absolute atomic E-state index is 0.664. The van der Waals surface area contributed by atoms with Crippen LogP contribution in [0.25, 0.3) is 0 Å². The molecule has 1 atom stereocenters. The van der Waals surface area contributed by atoms with Crippen molar-refractivity contribution in [3.05, 3.63) is 69.2 Å². The summed E-state index contributed by atoms with van der Waals surface area (Å²) in [5.41, 5.74) is 0.612. The number of hydrogen-bond donors (Lipinski definition) is 1. The van der Waals surface area contributed by atoms with Gasteiger partial charge >= 0.3 is 0 Å². The number of rotatable bonds is 2. The molecule has 0 bridgehead atoms. The van der Waals surface area contributed by atoms with Crippen molar-refractivity contribution in [2.75, 3.05) is 0 Å². The largest absolute Gasteiger partial charge is 0.381 e. The summed E-state index contributed by atoms with van der Waals surface area (Å²) in [4.78, 5) is 0. The zero-order valence-electron chi connectivity index (χ0n) is 9.32. The standard InChI is InChI=1S/C14H12BrClO/c1-14(17,10-6-8-11(16)9-7-10)12-4-2-3-5-13(12)15/h2-9,17H,1H3. The number of benzene rings is 2. The van der Waals surface area contributed by atoms with Gasteiger partial charge in [0, 0.05) is 15.1 Å². The van der Waals surface area contributed by atoms with Crippen LogP contribution in [-0.2, 0) is 5.60 Å². The highest BCUT2D eigenvalue weighted by molar-refractivity contribution is 9.10. The molecule has 3 heteroatoms. The van der Waals surface area contributed by atoms with Crippen LogP contribution in [0, 0.1) is 0 Å². The van der Waals surface area contributed by atoms with E-state index in [1.807, 2.05) is 36.4 Å². The maximum Gasteiger partial charge on any atom is 0.113 e. The molecule has 0 aliphatic carbocycles. The van der Waals surface area contributed by atoms with Gasteiger partial charge < -0.3 is 5.11 Å². The Morgan fingerprint density at radius 2 is 1.65 bits per heavy atom. The van der Waals surface area contributed by atoms with E-state index in [-0.39, 0.29) is 0 Å². The fourth-order valence-electron chi connectivity index (χ4n) is 1.79. The molecule has 2 aromatic rings. The lowest BCUT2D eigenvalue weighted by Crippen LogP contribution is -2.23. The molecule has 0 aliphatic heterocycles. The molecule has 0 aliphatic rings. The Balaban J connectivity index is 2.49. The Labute approximate surface area is 114 Å². The second-order valence-electron chi connectivity index (χ2n) is 4.06. The summed E-state index contributed by atoms with van der Waals surface area (Å²) < 4.78 is 0.889. The highest BCUT2D eigenvalue weighted by atomic mass is 79.9. The molecule has 17 heavy (non-hydrogen) atoms. The van der Waals surface area contributed by atoms with Crippen molar-refractivity contribution in [3.8, 4) is 0 Å². The molecule has 1 N–H and O–H groups in total. The molecule has 2 rings (SSSR count). The Bertz CT molecular complexity index is 520. The predicted octanol–water partition coefficient (Wildman–Crippen LogP) is 4.36. The van der Waals surface area contributed by atoms with E-state index in [2.05, 4.69) is 15.9 Å². The van der Waals surface area contributed by atoms with Crippen LogP contribution in [0.15, 0.2) is 53.0 Å². The first kappa shape index (κ1) is 12.6. The third-order valence-corrected chi connectivity index (χ3v) is 3.75. The lowest BCUT2D eigenvalue weighted by molar-refractivity contribution is 0.101. The van der Waals surface area contributed by atoms with Crippen LogP contribution < -0.4 is 0 Å². The third-order valence-electron chi connectivity index (χ3n) is 2.80. The summed E-state index contributed by atoms with van der Waals surface area (Å²) in [7, 11) is 0. The first-order valence-corrected chi connectivity index (χ1v) is 6.42. The van der Waals surface area contributed by atoms with Crippen LogP contribution in [0.4, 0.5) is 0 Å². The first-order chi connectivity index (χ1) is 8.01. The van der Waals surface area contributed by atoms with Gasteiger partial charge in [-0.05, 0) is 30.7 Å². The van der Waals surface area contributed by atoms with Gasteiger partial charge in [0.05, 0.1) is 0 Å². The first-order valence-electron chi connectivity index (χ1n) is 5.25. The molecule has 1 unspecified atom stereocenters. The van der Waals surface area contributed by atoms with Crippen molar-refractivity contribution in [1.82, 2.24) is 0 Å². The minimum atomic E-state index is -1.04.